The minimum atomic E-state index is 0.681. The van der Waals surface area contributed by atoms with E-state index in [0.717, 1.165) is 5.82 Å². The molecule has 0 bridgehead atoms. The zero-order valence-corrected chi connectivity index (χ0v) is 6.75. The van der Waals surface area contributed by atoms with Gasteiger partial charge in [-0.3, -0.25) is 0 Å². The van der Waals surface area contributed by atoms with Crippen molar-refractivity contribution in [2.75, 3.05) is 0 Å². The maximum absolute atomic E-state index is 4.06. The summed E-state index contributed by atoms with van der Waals surface area (Å²) in [6, 6.07) is 3.94. The van der Waals surface area contributed by atoms with Gasteiger partial charge in [-0.1, -0.05) is 0 Å². The molecule has 0 aliphatic rings. The van der Waals surface area contributed by atoms with E-state index in [1.54, 1.807) is 7.05 Å². The number of nitrogens with zero attached hydrogens (tertiary/aromatic N) is 5. The standard InChI is InChI=1S/C7H9N5/c1-11-9-7(8-10-11)6-12-4-2-3-5-12/h2-5H,6H2,1H3. The summed E-state index contributed by atoms with van der Waals surface area (Å²) in [5.74, 6) is 0.730. The molecule has 0 unspecified atom stereocenters. The average molecular weight is 163 g/mol. The number of hydrogen-bond acceptors (Lipinski definition) is 3. The molecule has 12 heavy (non-hydrogen) atoms. The third-order valence-electron chi connectivity index (χ3n) is 1.54. The molecule has 0 atom stereocenters. The number of hydrogen-bond donors (Lipinski definition) is 0. The summed E-state index contributed by atoms with van der Waals surface area (Å²) in [6.45, 7) is 0.681. The van der Waals surface area contributed by atoms with Gasteiger partial charge in [-0.2, -0.15) is 4.80 Å². The van der Waals surface area contributed by atoms with Crippen LogP contribution in [0.3, 0.4) is 0 Å². The van der Waals surface area contributed by atoms with Crippen LogP contribution < -0.4 is 0 Å². The van der Waals surface area contributed by atoms with Crippen molar-refractivity contribution in [3.05, 3.63) is 30.4 Å². The third-order valence-corrected chi connectivity index (χ3v) is 1.54. The van der Waals surface area contributed by atoms with Gasteiger partial charge in [0, 0.05) is 12.4 Å². The SMILES string of the molecule is Cn1nnc(Cn2cccc2)n1. The minimum Gasteiger partial charge on any atom is -0.347 e. The Morgan fingerprint density at radius 1 is 1.33 bits per heavy atom. The Labute approximate surface area is 69.6 Å². The van der Waals surface area contributed by atoms with E-state index >= 15 is 0 Å². The number of rotatable bonds is 2. The first-order valence-corrected chi connectivity index (χ1v) is 3.68. The zero-order chi connectivity index (χ0) is 8.39. The highest BCUT2D eigenvalue weighted by Gasteiger charge is 1.99. The summed E-state index contributed by atoms with van der Waals surface area (Å²) in [4.78, 5) is 1.46. The second-order valence-corrected chi connectivity index (χ2v) is 2.55. The molecule has 2 aromatic heterocycles. The first kappa shape index (κ1) is 7.02. The van der Waals surface area contributed by atoms with Gasteiger partial charge >= 0.3 is 0 Å². The zero-order valence-electron chi connectivity index (χ0n) is 6.75. The summed E-state index contributed by atoms with van der Waals surface area (Å²) in [7, 11) is 1.76. The molecule has 0 spiro atoms. The molecule has 2 rings (SSSR count). The van der Waals surface area contributed by atoms with Crippen LogP contribution in [0.2, 0.25) is 0 Å². The largest absolute Gasteiger partial charge is 0.347 e. The molecular weight excluding hydrogens is 154 g/mol. The Balaban J connectivity index is 2.14. The number of aromatic nitrogens is 5. The lowest BCUT2D eigenvalue weighted by Crippen LogP contribution is -1.99. The maximum atomic E-state index is 4.06. The molecule has 2 heterocycles. The summed E-state index contributed by atoms with van der Waals surface area (Å²) in [5.41, 5.74) is 0. The molecule has 5 heteroatoms. The van der Waals surface area contributed by atoms with Gasteiger partial charge in [-0.15, -0.1) is 10.2 Å². The van der Waals surface area contributed by atoms with Crippen molar-refractivity contribution in [3.8, 4) is 0 Å². The first-order valence-electron chi connectivity index (χ1n) is 3.68. The van der Waals surface area contributed by atoms with E-state index in [1.807, 2.05) is 29.1 Å². The van der Waals surface area contributed by atoms with Crippen molar-refractivity contribution in [1.29, 1.82) is 0 Å². The van der Waals surface area contributed by atoms with Crippen LogP contribution in [0.4, 0.5) is 0 Å². The molecular formula is C7H9N5. The summed E-state index contributed by atoms with van der Waals surface area (Å²) >= 11 is 0. The van der Waals surface area contributed by atoms with Crippen LogP contribution in [-0.4, -0.2) is 24.8 Å². The fourth-order valence-electron chi connectivity index (χ4n) is 1.03. The van der Waals surface area contributed by atoms with Crippen LogP contribution in [0.5, 0.6) is 0 Å². The van der Waals surface area contributed by atoms with Crippen molar-refractivity contribution < 1.29 is 0 Å². The van der Waals surface area contributed by atoms with Gasteiger partial charge in [-0.05, 0) is 17.3 Å². The van der Waals surface area contributed by atoms with Crippen molar-refractivity contribution in [2.45, 2.75) is 6.54 Å². The lowest BCUT2D eigenvalue weighted by molar-refractivity contribution is 0.625. The van der Waals surface area contributed by atoms with Gasteiger partial charge in [0.15, 0.2) is 5.82 Å². The third kappa shape index (κ3) is 1.34. The van der Waals surface area contributed by atoms with Crippen LogP contribution in [0, 0.1) is 0 Å². The molecule has 5 nitrogen and oxygen atoms in total. The van der Waals surface area contributed by atoms with Crippen molar-refractivity contribution in [3.63, 3.8) is 0 Å². The Morgan fingerprint density at radius 2 is 2.08 bits per heavy atom. The summed E-state index contributed by atoms with van der Waals surface area (Å²) in [5, 5.41) is 11.7. The fraction of sp³-hybridized carbons (Fsp3) is 0.286. The molecule has 0 aliphatic carbocycles. The van der Waals surface area contributed by atoms with Gasteiger partial charge in [0.05, 0.1) is 13.6 Å². The molecule has 0 aliphatic heterocycles. The van der Waals surface area contributed by atoms with Crippen molar-refractivity contribution in [1.82, 2.24) is 24.8 Å². The van der Waals surface area contributed by atoms with Crippen LogP contribution in [0.1, 0.15) is 5.82 Å². The Morgan fingerprint density at radius 3 is 2.67 bits per heavy atom. The molecule has 0 amide bonds. The topological polar surface area (TPSA) is 48.5 Å². The number of aryl methyl sites for hydroxylation is 1. The summed E-state index contributed by atoms with van der Waals surface area (Å²) < 4.78 is 2.00. The molecule has 0 fully saturated rings. The van der Waals surface area contributed by atoms with E-state index < -0.39 is 0 Å². The Bertz CT molecular complexity index is 348. The monoisotopic (exact) mass is 163 g/mol. The quantitative estimate of drug-likeness (QED) is 0.629. The highest BCUT2D eigenvalue weighted by atomic mass is 15.6. The fourth-order valence-corrected chi connectivity index (χ4v) is 1.03. The molecule has 0 saturated carbocycles. The highest BCUT2D eigenvalue weighted by Crippen LogP contribution is 1.94. The Kier molecular flexibility index (Phi) is 1.62. The normalized spacial score (nSPS) is 10.4. The van der Waals surface area contributed by atoms with Crippen molar-refractivity contribution >= 4 is 0 Å². The van der Waals surface area contributed by atoms with E-state index in [-0.39, 0.29) is 0 Å². The Hall–Kier alpha value is -1.65. The lowest BCUT2D eigenvalue weighted by Gasteiger charge is -1.94. The van der Waals surface area contributed by atoms with E-state index in [1.165, 1.54) is 4.80 Å². The highest BCUT2D eigenvalue weighted by molar-refractivity contribution is 4.93. The van der Waals surface area contributed by atoms with Gasteiger partial charge < -0.3 is 4.57 Å². The molecule has 62 valence electrons. The predicted octanol–water partition coefficient (Wildman–Crippen LogP) is 0.0599. The van der Waals surface area contributed by atoms with E-state index in [9.17, 15) is 0 Å². The molecule has 0 radical (unpaired) electrons. The number of tetrazole rings is 1. The smallest absolute Gasteiger partial charge is 0.194 e. The summed E-state index contributed by atoms with van der Waals surface area (Å²) in [6.07, 6.45) is 3.94. The molecule has 0 saturated heterocycles. The second-order valence-electron chi connectivity index (χ2n) is 2.55. The van der Waals surface area contributed by atoms with Crippen molar-refractivity contribution in [2.24, 2.45) is 7.05 Å². The molecule has 0 aromatic carbocycles. The minimum absolute atomic E-state index is 0.681. The van der Waals surface area contributed by atoms with Gasteiger partial charge in [0.2, 0.25) is 0 Å². The second kappa shape index (κ2) is 2.77. The predicted molar refractivity (Wildman–Crippen MR) is 42.3 cm³/mol. The van der Waals surface area contributed by atoms with Gasteiger partial charge in [-0.25, -0.2) is 0 Å². The van der Waals surface area contributed by atoms with Crippen LogP contribution in [-0.2, 0) is 13.6 Å². The molecule has 2 aromatic rings. The first-order chi connectivity index (χ1) is 5.84. The van der Waals surface area contributed by atoms with E-state index in [2.05, 4.69) is 15.4 Å². The van der Waals surface area contributed by atoms with Gasteiger partial charge in [0.25, 0.3) is 0 Å². The van der Waals surface area contributed by atoms with E-state index in [4.69, 9.17) is 0 Å². The lowest BCUT2D eigenvalue weighted by atomic mass is 10.6. The molecule has 0 N–H and O–H groups in total. The van der Waals surface area contributed by atoms with E-state index in [0.29, 0.717) is 6.54 Å². The van der Waals surface area contributed by atoms with Crippen LogP contribution in [0.15, 0.2) is 24.5 Å². The van der Waals surface area contributed by atoms with Gasteiger partial charge in [0.1, 0.15) is 0 Å². The van der Waals surface area contributed by atoms with Crippen LogP contribution >= 0.6 is 0 Å². The average Bonchev–Trinajstić information content (AvgIpc) is 2.63. The van der Waals surface area contributed by atoms with Crippen LogP contribution in [0.25, 0.3) is 0 Å². The maximum Gasteiger partial charge on any atom is 0.194 e.